The van der Waals surface area contributed by atoms with E-state index in [1.165, 1.54) is 0 Å². The molecule has 3 nitrogen and oxygen atoms in total. The molecule has 1 aromatic carbocycles. The van der Waals surface area contributed by atoms with Crippen LogP contribution >= 0.6 is 15.9 Å². The summed E-state index contributed by atoms with van der Waals surface area (Å²) in [5.41, 5.74) is 0.692. The first-order valence-electron chi connectivity index (χ1n) is 6.60. The summed E-state index contributed by atoms with van der Waals surface area (Å²) in [5, 5.41) is 0. The summed E-state index contributed by atoms with van der Waals surface area (Å²) in [6.07, 6.45) is 4.72. The second-order valence-electron chi connectivity index (χ2n) is 4.97. The van der Waals surface area contributed by atoms with E-state index in [9.17, 15) is 4.79 Å². The number of carbonyl (C=O) groups excluding carboxylic acids is 1. The lowest BCUT2D eigenvalue weighted by atomic mass is 9.95. The van der Waals surface area contributed by atoms with E-state index in [0.717, 1.165) is 35.9 Å². The molecule has 0 bridgehead atoms. The van der Waals surface area contributed by atoms with Crippen molar-refractivity contribution in [1.82, 2.24) is 0 Å². The van der Waals surface area contributed by atoms with Crippen LogP contribution in [0.25, 0.3) is 0 Å². The summed E-state index contributed by atoms with van der Waals surface area (Å²) in [7, 11) is 1.75. The molecular weight excluding hydrogens is 308 g/mol. The molecule has 1 saturated carbocycles. The Morgan fingerprint density at radius 3 is 2.68 bits per heavy atom. The number of ether oxygens (including phenoxy) is 2. The van der Waals surface area contributed by atoms with Crippen molar-refractivity contribution in [2.24, 2.45) is 0 Å². The van der Waals surface area contributed by atoms with Crippen LogP contribution in [0.5, 0.6) is 5.75 Å². The highest BCUT2D eigenvalue weighted by atomic mass is 79.9. The number of halogens is 1. The minimum absolute atomic E-state index is 0.0596. The largest absolute Gasteiger partial charge is 0.489 e. The zero-order valence-electron chi connectivity index (χ0n) is 11.3. The monoisotopic (exact) mass is 326 g/mol. The van der Waals surface area contributed by atoms with Crippen molar-refractivity contribution in [2.45, 2.75) is 44.8 Å². The van der Waals surface area contributed by atoms with E-state index < -0.39 is 0 Å². The summed E-state index contributed by atoms with van der Waals surface area (Å²) in [5.74, 6) is 0.858. The maximum atomic E-state index is 11.3. The predicted molar refractivity (Wildman–Crippen MR) is 77.8 cm³/mol. The van der Waals surface area contributed by atoms with Gasteiger partial charge < -0.3 is 9.47 Å². The molecule has 1 aliphatic rings. The topological polar surface area (TPSA) is 35.5 Å². The zero-order valence-corrected chi connectivity index (χ0v) is 12.9. The molecule has 0 heterocycles. The fourth-order valence-corrected chi connectivity index (χ4v) is 2.89. The van der Waals surface area contributed by atoms with Gasteiger partial charge in [0.15, 0.2) is 5.78 Å². The highest BCUT2D eigenvalue weighted by molar-refractivity contribution is 9.10. The van der Waals surface area contributed by atoms with Crippen LogP contribution in [0.3, 0.4) is 0 Å². The van der Waals surface area contributed by atoms with E-state index in [1.807, 2.05) is 12.1 Å². The Morgan fingerprint density at radius 2 is 2.05 bits per heavy atom. The smallest absolute Gasteiger partial charge is 0.159 e. The van der Waals surface area contributed by atoms with E-state index in [0.29, 0.717) is 11.7 Å². The Morgan fingerprint density at radius 1 is 1.32 bits per heavy atom. The molecule has 2 atom stereocenters. The van der Waals surface area contributed by atoms with Gasteiger partial charge >= 0.3 is 0 Å². The maximum absolute atomic E-state index is 11.3. The molecule has 0 radical (unpaired) electrons. The van der Waals surface area contributed by atoms with E-state index in [1.54, 1.807) is 20.1 Å². The molecule has 2 unspecified atom stereocenters. The van der Waals surface area contributed by atoms with Crippen LogP contribution in [0.15, 0.2) is 22.7 Å². The van der Waals surface area contributed by atoms with Gasteiger partial charge in [-0.05, 0) is 60.3 Å². The Labute approximate surface area is 122 Å². The van der Waals surface area contributed by atoms with Crippen LogP contribution < -0.4 is 4.74 Å². The normalized spacial score (nSPS) is 23.1. The molecule has 1 fully saturated rings. The molecule has 4 heteroatoms. The molecule has 1 aromatic rings. The SMILES string of the molecule is COC1CCCC(Oc2ccc(C(C)=O)cc2Br)C1. The minimum Gasteiger partial charge on any atom is -0.489 e. The first-order chi connectivity index (χ1) is 9.10. The summed E-state index contributed by atoms with van der Waals surface area (Å²) < 4.78 is 12.3. The third-order valence-electron chi connectivity index (χ3n) is 3.54. The molecule has 0 N–H and O–H groups in total. The van der Waals surface area contributed by atoms with Crippen LogP contribution in [-0.2, 0) is 4.74 Å². The van der Waals surface area contributed by atoms with Gasteiger partial charge in [-0.1, -0.05) is 0 Å². The van der Waals surface area contributed by atoms with Crippen LogP contribution in [0.1, 0.15) is 43.0 Å². The van der Waals surface area contributed by atoms with Crippen molar-refractivity contribution in [3.05, 3.63) is 28.2 Å². The third-order valence-corrected chi connectivity index (χ3v) is 4.16. The number of hydrogen-bond acceptors (Lipinski definition) is 3. The van der Waals surface area contributed by atoms with Crippen molar-refractivity contribution < 1.29 is 14.3 Å². The van der Waals surface area contributed by atoms with E-state index in [-0.39, 0.29) is 11.9 Å². The van der Waals surface area contributed by atoms with E-state index in [2.05, 4.69) is 15.9 Å². The van der Waals surface area contributed by atoms with Gasteiger partial charge in [-0.15, -0.1) is 0 Å². The van der Waals surface area contributed by atoms with Crippen molar-refractivity contribution >= 4 is 21.7 Å². The lowest BCUT2D eigenvalue weighted by Crippen LogP contribution is -2.29. The molecular formula is C15H19BrO3. The summed E-state index contributed by atoms with van der Waals surface area (Å²) in [4.78, 5) is 11.3. The van der Waals surface area contributed by atoms with Gasteiger partial charge in [-0.3, -0.25) is 4.79 Å². The Balaban J connectivity index is 2.04. The number of benzene rings is 1. The van der Waals surface area contributed by atoms with Gasteiger partial charge in [0.1, 0.15) is 11.9 Å². The van der Waals surface area contributed by atoms with Gasteiger partial charge in [-0.25, -0.2) is 0 Å². The summed E-state index contributed by atoms with van der Waals surface area (Å²) >= 11 is 3.47. The van der Waals surface area contributed by atoms with Crippen molar-refractivity contribution in [2.75, 3.05) is 7.11 Å². The van der Waals surface area contributed by atoms with Crippen LogP contribution in [0.2, 0.25) is 0 Å². The van der Waals surface area contributed by atoms with Gasteiger partial charge in [0.2, 0.25) is 0 Å². The number of hydrogen-bond donors (Lipinski definition) is 0. The first-order valence-corrected chi connectivity index (χ1v) is 7.39. The molecule has 104 valence electrons. The second-order valence-corrected chi connectivity index (χ2v) is 5.82. The Bertz CT molecular complexity index is 459. The molecule has 19 heavy (non-hydrogen) atoms. The zero-order chi connectivity index (χ0) is 13.8. The minimum atomic E-state index is 0.0596. The molecule has 0 aliphatic heterocycles. The van der Waals surface area contributed by atoms with Crippen LogP contribution in [0.4, 0.5) is 0 Å². The average molecular weight is 327 g/mol. The predicted octanol–water partition coefficient (Wildman–Crippen LogP) is 3.99. The lowest BCUT2D eigenvalue weighted by Gasteiger charge is -2.29. The van der Waals surface area contributed by atoms with Gasteiger partial charge in [0.25, 0.3) is 0 Å². The molecule has 0 spiro atoms. The van der Waals surface area contributed by atoms with Crippen molar-refractivity contribution in [3.8, 4) is 5.75 Å². The van der Waals surface area contributed by atoms with Gasteiger partial charge in [0, 0.05) is 19.1 Å². The standard InChI is InChI=1S/C15H19BrO3/c1-10(17)11-6-7-15(14(16)8-11)19-13-5-3-4-12(9-13)18-2/h6-8,12-13H,3-5,9H2,1-2H3. The van der Waals surface area contributed by atoms with E-state index in [4.69, 9.17) is 9.47 Å². The first kappa shape index (κ1) is 14.5. The van der Waals surface area contributed by atoms with Gasteiger partial charge in [0.05, 0.1) is 10.6 Å². The number of Topliss-reactive ketones (excluding diaryl/α,β-unsaturated/α-hetero) is 1. The average Bonchev–Trinajstić information content (AvgIpc) is 2.41. The van der Waals surface area contributed by atoms with Crippen molar-refractivity contribution in [3.63, 3.8) is 0 Å². The Kier molecular flexibility index (Phi) is 4.99. The molecule has 0 saturated heterocycles. The molecule has 0 aromatic heterocycles. The fourth-order valence-electron chi connectivity index (χ4n) is 2.42. The third kappa shape index (κ3) is 3.80. The summed E-state index contributed by atoms with van der Waals surface area (Å²) in [6, 6.07) is 5.48. The molecule has 0 amide bonds. The molecule has 2 rings (SSSR count). The summed E-state index contributed by atoms with van der Waals surface area (Å²) in [6.45, 7) is 1.56. The highest BCUT2D eigenvalue weighted by Crippen LogP contribution is 2.31. The van der Waals surface area contributed by atoms with E-state index >= 15 is 0 Å². The molecule has 1 aliphatic carbocycles. The highest BCUT2D eigenvalue weighted by Gasteiger charge is 2.23. The fraction of sp³-hybridized carbons (Fsp3) is 0.533. The number of rotatable bonds is 4. The quantitative estimate of drug-likeness (QED) is 0.785. The number of carbonyl (C=O) groups is 1. The maximum Gasteiger partial charge on any atom is 0.159 e. The second kappa shape index (κ2) is 6.53. The number of ketones is 1. The lowest BCUT2D eigenvalue weighted by molar-refractivity contribution is 0.0207. The van der Waals surface area contributed by atoms with Crippen molar-refractivity contribution in [1.29, 1.82) is 0 Å². The van der Waals surface area contributed by atoms with Crippen LogP contribution in [-0.4, -0.2) is 25.1 Å². The number of methoxy groups -OCH3 is 1. The Hall–Kier alpha value is -0.870. The van der Waals surface area contributed by atoms with Crippen LogP contribution in [0, 0.1) is 0 Å². The van der Waals surface area contributed by atoms with Gasteiger partial charge in [-0.2, -0.15) is 0 Å².